The average Bonchev–Trinajstić information content (AvgIpc) is 3.24. The quantitative estimate of drug-likeness (QED) is 0.506. The van der Waals surface area contributed by atoms with Crippen LogP contribution < -0.4 is 9.47 Å². The van der Waals surface area contributed by atoms with Crippen LogP contribution >= 0.6 is 15.9 Å². The Morgan fingerprint density at radius 3 is 2.89 bits per heavy atom. The molecule has 2 aliphatic rings. The fraction of sp³-hybridized carbons (Fsp3) is 0.350. The van der Waals surface area contributed by atoms with E-state index < -0.39 is 17.7 Å². The van der Waals surface area contributed by atoms with Crippen molar-refractivity contribution in [2.24, 2.45) is 0 Å². The van der Waals surface area contributed by atoms with E-state index in [4.69, 9.17) is 14.2 Å². The highest BCUT2D eigenvalue weighted by atomic mass is 79.9. The highest BCUT2D eigenvalue weighted by Gasteiger charge is 2.32. The molecule has 27 heavy (non-hydrogen) atoms. The van der Waals surface area contributed by atoms with E-state index >= 15 is 0 Å². The molecule has 0 N–H and O–H groups in total. The lowest BCUT2D eigenvalue weighted by atomic mass is 9.98. The minimum atomic E-state index is -0.602. The molecule has 0 unspecified atom stereocenters. The summed E-state index contributed by atoms with van der Waals surface area (Å²) in [5, 5.41) is 0. The molecule has 2 aromatic carbocycles. The lowest BCUT2D eigenvalue weighted by Crippen LogP contribution is -2.09. The van der Waals surface area contributed by atoms with Crippen LogP contribution in [0.2, 0.25) is 0 Å². The van der Waals surface area contributed by atoms with Crippen LogP contribution in [0.15, 0.2) is 28.7 Å². The van der Waals surface area contributed by atoms with E-state index in [1.165, 1.54) is 7.11 Å². The van der Waals surface area contributed by atoms with Crippen LogP contribution in [0.4, 0.5) is 8.78 Å². The Balaban J connectivity index is 1.55. The van der Waals surface area contributed by atoms with Gasteiger partial charge in [0, 0.05) is 29.2 Å². The Morgan fingerprint density at radius 1 is 1.30 bits per heavy atom. The minimum absolute atomic E-state index is 0.0509. The molecule has 0 saturated heterocycles. The summed E-state index contributed by atoms with van der Waals surface area (Å²) in [4.78, 5) is 11.5. The summed E-state index contributed by atoms with van der Waals surface area (Å²) in [6.07, 6.45) is 0.877. The topological polar surface area (TPSA) is 44.8 Å². The van der Waals surface area contributed by atoms with Crippen molar-refractivity contribution in [3.8, 4) is 11.5 Å². The SMILES string of the molecule is COC(=O)C[C@@H]1COc2cc(O[C@@H]3CCc4c(Br)c(F)cc(F)c43)ccc21. The van der Waals surface area contributed by atoms with Gasteiger partial charge in [-0.15, -0.1) is 0 Å². The molecule has 0 fully saturated rings. The second-order valence-electron chi connectivity index (χ2n) is 6.68. The number of ether oxygens (including phenoxy) is 3. The normalized spacial score (nSPS) is 20.0. The maximum Gasteiger partial charge on any atom is 0.306 e. The van der Waals surface area contributed by atoms with Gasteiger partial charge in [0.2, 0.25) is 0 Å². The van der Waals surface area contributed by atoms with E-state index in [-0.39, 0.29) is 18.3 Å². The maximum atomic E-state index is 14.3. The van der Waals surface area contributed by atoms with Crippen molar-refractivity contribution in [3.05, 3.63) is 57.1 Å². The van der Waals surface area contributed by atoms with Crippen LogP contribution in [0.3, 0.4) is 0 Å². The number of fused-ring (bicyclic) bond motifs is 2. The molecule has 2 atom stereocenters. The molecule has 1 aliphatic heterocycles. The first kappa shape index (κ1) is 18.2. The van der Waals surface area contributed by atoms with Crippen molar-refractivity contribution in [1.82, 2.24) is 0 Å². The fourth-order valence-electron chi connectivity index (χ4n) is 3.74. The fourth-order valence-corrected chi connectivity index (χ4v) is 4.26. The molecule has 1 aliphatic carbocycles. The van der Waals surface area contributed by atoms with Crippen LogP contribution in [0.5, 0.6) is 11.5 Å². The average molecular weight is 439 g/mol. The van der Waals surface area contributed by atoms with Crippen molar-refractivity contribution in [3.63, 3.8) is 0 Å². The van der Waals surface area contributed by atoms with Crippen LogP contribution in [0, 0.1) is 11.6 Å². The number of hydrogen-bond donors (Lipinski definition) is 0. The molecule has 0 aromatic heterocycles. The highest BCUT2D eigenvalue weighted by molar-refractivity contribution is 9.10. The van der Waals surface area contributed by atoms with Crippen LogP contribution in [0.1, 0.15) is 41.6 Å². The van der Waals surface area contributed by atoms with Gasteiger partial charge >= 0.3 is 5.97 Å². The molecule has 2 aromatic rings. The molecular weight excluding hydrogens is 422 g/mol. The highest BCUT2D eigenvalue weighted by Crippen LogP contribution is 2.43. The van der Waals surface area contributed by atoms with Crippen LogP contribution in [-0.4, -0.2) is 19.7 Å². The summed E-state index contributed by atoms with van der Waals surface area (Å²) in [7, 11) is 1.36. The van der Waals surface area contributed by atoms with Gasteiger partial charge in [0.1, 0.15) is 29.2 Å². The van der Waals surface area contributed by atoms with Crippen molar-refractivity contribution in [2.75, 3.05) is 13.7 Å². The molecular formula is C20H17BrF2O4. The lowest BCUT2D eigenvalue weighted by Gasteiger charge is -2.17. The Kier molecular flexibility index (Phi) is 4.80. The van der Waals surface area contributed by atoms with E-state index in [2.05, 4.69) is 15.9 Å². The lowest BCUT2D eigenvalue weighted by molar-refractivity contribution is -0.141. The predicted octanol–water partition coefficient (Wildman–Crippen LogP) is 4.83. The van der Waals surface area contributed by atoms with E-state index in [1.807, 2.05) is 6.07 Å². The van der Waals surface area contributed by atoms with E-state index in [0.717, 1.165) is 11.6 Å². The maximum absolute atomic E-state index is 14.3. The Hall–Kier alpha value is -2.15. The van der Waals surface area contributed by atoms with Crippen molar-refractivity contribution < 1.29 is 27.8 Å². The number of methoxy groups -OCH3 is 1. The van der Waals surface area contributed by atoms with Gasteiger partial charge in [-0.05, 0) is 40.4 Å². The summed E-state index contributed by atoms with van der Waals surface area (Å²) in [6, 6.07) is 6.28. The van der Waals surface area contributed by atoms with Crippen LogP contribution in [0.25, 0.3) is 0 Å². The predicted molar refractivity (Wildman–Crippen MR) is 97.1 cm³/mol. The third-order valence-electron chi connectivity index (χ3n) is 5.07. The number of halogens is 3. The summed E-state index contributed by atoms with van der Waals surface area (Å²) < 4.78 is 44.7. The summed E-state index contributed by atoms with van der Waals surface area (Å²) >= 11 is 3.20. The Labute approximate surface area is 163 Å². The monoisotopic (exact) mass is 438 g/mol. The van der Waals surface area contributed by atoms with Crippen molar-refractivity contribution >= 4 is 21.9 Å². The van der Waals surface area contributed by atoms with Gasteiger partial charge in [-0.25, -0.2) is 8.78 Å². The number of carbonyl (C=O) groups is 1. The van der Waals surface area contributed by atoms with Crippen molar-refractivity contribution in [1.29, 1.82) is 0 Å². The van der Waals surface area contributed by atoms with Gasteiger partial charge in [-0.1, -0.05) is 6.07 Å². The van der Waals surface area contributed by atoms with Gasteiger partial charge in [0.15, 0.2) is 0 Å². The van der Waals surface area contributed by atoms with Gasteiger partial charge in [-0.3, -0.25) is 4.79 Å². The zero-order valence-electron chi connectivity index (χ0n) is 14.6. The van der Waals surface area contributed by atoms with Gasteiger partial charge in [-0.2, -0.15) is 0 Å². The summed E-state index contributed by atoms with van der Waals surface area (Å²) in [6.45, 7) is 0.404. The van der Waals surface area contributed by atoms with E-state index in [9.17, 15) is 13.6 Å². The first-order valence-corrected chi connectivity index (χ1v) is 9.43. The smallest absolute Gasteiger partial charge is 0.306 e. The Morgan fingerprint density at radius 2 is 2.11 bits per heavy atom. The van der Waals surface area contributed by atoms with Gasteiger partial charge in [0.05, 0.1) is 24.6 Å². The molecule has 1 heterocycles. The minimum Gasteiger partial charge on any atom is -0.492 e. The molecule has 0 amide bonds. The largest absolute Gasteiger partial charge is 0.492 e. The summed E-state index contributed by atoms with van der Waals surface area (Å²) in [5.41, 5.74) is 1.94. The standard InChI is InChI=1S/C20H17BrF2O4/c1-25-18(24)6-10-9-26-17-7-11(2-3-12(10)17)27-16-5-4-13-19(16)14(22)8-15(23)20(13)21/h2-3,7-8,10,16H,4-6,9H2,1H3/t10-,16-/m1/s1. The molecule has 4 nitrogen and oxygen atoms in total. The molecule has 0 spiro atoms. The third-order valence-corrected chi connectivity index (χ3v) is 5.93. The molecule has 0 radical (unpaired) electrons. The summed E-state index contributed by atoms with van der Waals surface area (Å²) in [5.74, 6) is -0.332. The first-order chi connectivity index (χ1) is 13.0. The van der Waals surface area contributed by atoms with E-state index in [0.29, 0.717) is 46.5 Å². The van der Waals surface area contributed by atoms with Crippen LogP contribution in [-0.2, 0) is 16.0 Å². The third kappa shape index (κ3) is 3.29. The zero-order valence-corrected chi connectivity index (χ0v) is 16.1. The molecule has 0 bridgehead atoms. The number of benzene rings is 2. The van der Waals surface area contributed by atoms with Gasteiger partial charge in [0.25, 0.3) is 0 Å². The Bertz CT molecular complexity index is 915. The number of hydrogen-bond acceptors (Lipinski definition) is 4. The first-order valence-electron chi connectivity index (χ1n) is 8.64. The second-order valence-corrected chi connectivity index (χ2v) is 7.47. The number of esters is 1. The molecule has 142 valence electrons. The molecule has 4 rings (SSSR count). The van der Waals surface area contributed by atoms with E-state index in [1.54, 1.807) is 12.1 Å². The number of rotatable bonds is 4. The zero-order chi connectivity index (χ0) is 19.1. The second kappa shape index (κ2) is 7.11. The van der Waals surface area contributed by atoms with Crippen molar-refractivity contribution in [2.45, 2.75) is 31.3 Å². The molecule has 0 saturated carbocycles. The molecule has 7 heteroatoms. The van der Waals surface area contributed by atoms with Gasteiger partial charge < -0.3 is 14.2 Å². The number of carbonyl (C=O) groups excluding carboxylic acids is 1.